The fraction of sp³-hybridized carbons (Fsp3) is 0.310. The van der Waals surface area contributed by atoms with Crippen LogP contribution in [-0.2, 0) is 5.41 Å². The maximum absolute atomic E-state index is 13.0. The van der Waals surface area contributed by atoms with E-state index in [1.54, 1.807) is 0 Å². The van der Waals surface area contributed by atoms with E-state index in [1.807, 2.05) is 72.5 Å². The molecule has 1 aliphatic rings. The molecule has 0 atom stereocenters. The Hall–Kier alpha value is -3.60. The van der Waals surface area contributed by atoms with Gasteiger partial charge in [-0.15, -0.1) is 0 Å². The molecule has 1 aliphatic heterocycles. The third kappa shape index (κ3) is 5.48. The van der Waals surface area contributed by atoms with Crippen LogP contribution >= 0.6 is 0 Å². The van der Waals surface area contributed by atoms with Gasteiger partial charge in [-0.05, 0) is 66.4 Å². The Morgan fingerprint density at radius 1 is 0.735 bits per heavy atom. The van der Waals surface area contributed by atoms with Gasteiger partial charge in [-0.3, -0.25) is 9.59 Å². The van der Waals surface area contributed by atoms with E-state index < -0.39 is 0 Å². The number of nitrogens with one attached hydrogen (secondary N) is 1. The summed E-state index contributed by atoms with van der Waals surface area (Å²) in [4.78, 5) is 29.6. The Morgan fingerprint density at radius 3 is 1.85 bits per heavy atom. The molecule has 0 aromatic heterocycles. The minimum atomic E-state index is -0.115. The number of aryl methyl sites for hydroxylation is 1. The van der Waals surface area contributed by atoms with Crippen LogP contribution in [0.2, 0.25) is 0 Å². The van der Waals surface area contributed by atoms with Crippen molar-refractivity contribution >= 4 is 23.2 Å². The number of hydrogen-bond acceptors (Lipinski definition) is 3. The van der Waals surface area contributed by atoms with Crippen LogP contribution in [0.4, 0.5) is 11.4 Å². The first kappa shape index (κ1) is 23.6. The van der Waals surface area contributed by atoms with Crippen LogP contribution in [-0.4, -0.2) is 42.9 Å². The van der Waals surface area contributed by atoms with E-state index >= 15 is 0 Å². The van der Waals surface area contributed by atoms with Gasteiger partial charge in [0, 0.05) is 48.7 Å². The molecule has 2 amide bonds. The van der Waals surface area contributed by atoms with Gasteiger partial charge in [0.1, 0.15) is 0 Å². The minimum absolute atomic E-state index is 0.0756. The summed E-state index contributed by atoms with van der Waals surface area (Å²) < 4.78 is 0. The lowest BCUT2D eigenvalue weighted by Crippen LogP contribution is -2.48. The number of piperazine rings is 1. The molecule has 0 radical (unpaired) electrons. The average Bonchev–Trinajstić information content (AvgIpc) is 2.84. The Labute approximate surface area is 202 Å². The summed E-state index contributed by atoms with van der Waals surface area (Å²) in [5, 5.41) is 2.95. The van der Waals surface area contributed by atoms with Crippen molar-refractivity contribution < 1.29 is 9.59 Å². The number of carbonyl (C=O) groups excluding carboxylic acids is 2. The van der Waals surface area contributed by atoms with Crippen LogP contribution < -0.4 is 10.2 Å². The predicted molar refractivity (Wildman–Crippen MR) is 139 cm³/mol. The monoisotopic (exact) mass is 455 g/mol. The van der Waals surface area contributed by atoms with Gasteiger partial charge in [0.25, 0.3) is 11.8 Å². The maximum atomic E-state index is 13.0. The highest BCUT2D eigenvalue weighted by molar-refractivity contribution is 6.04. The Bertz CT molecular complexity index is 1140. The first-order valence-electron chi connectivity index (χ1n) is 11.8. The maximum Gasteiger partial charge on any atom is 0.255 e. The molecular formula is C29H33N3O2. The molecule has 1 heterocycles. The smallest absolute Gasteiger partial charge is 0.255 e. The third-order valence-corrected chi connectivity index (χ3v) is 6.37. The fourth-order valence-electron chi connectivity index (χ4n) is 4.13. The van der Waals surface area contributed by atoms with Gasteiger partial charge in [-0.2, -0.15) is 0 Å². The standard InChI is InChI=1S/C29H33N3O2/c1-21-5-7-22(8-6-21)27(33)30-25-13-15-26(16-14-25)31-17-19-32(20-18-31)28(34)23-9-11-24(12-10-23)29(2,3)4/h5-16H,17-20H2,1-4H3,(H,30,33). The molecule has 4 rings (SSSR count). The topological polar surface area (TPSA) is 52.7 Å². The molecule has 0 bridgehead atoms. The van der Waals surface area contributed by atoms with E-state index in [2.05, 4.69) is 43.1 Å². The van der Waals surface area contributed by atoms with E-state index in [-0.39, 0.29) is 17.2 Å². The second-order valence-electron chi connectivity index (χ2n) is 9.97. The van der Waals surface area contributed by atoms with Gasteiger partial charge in [0.15, 0.2) is 0 Å². The molecule has 176 valence electrons. The Kier molecular flexibility index (Phi) is 6.73. The van der Waals surface area contributed by atoms with Crippen molar-refractivity contribution in [2.24, 2.45) is 0 Å². The number of amides is 2. The average molecular weight is 456 g/mol. The molecule has 5 nitrogen and oxygen atoms in total. The third-order valence-electron chi connectivity index (χ3n) is 6.37. The number of nitrogens with zero attached hydrogens (tertiary/aromatic N) is 2. The van der Waals surface area contributed by atoms with Crippen LogP contribution in [0.25, 0.3) is 0 Å². The van der Waals surface area contributed by atoms with E-state index in [0.29, 0.717) is 18.7 Å². The minimum Gasteiger partial charge on any atom is -0.368 e. The highest BCUT2D eigenvalue weighted by Crippen LogP contribution is 2.24. The quantitative estimate of drug-likeness (QED) is 0.565. The van der Waals surface area contributed by atoms with Crippen molar-refractivity contribution in [3.63, 3.8) is 0 Å². The van der Waals surface area contributed by atoms with Crippen molar-refractivity contribution in [1.82, 2.24) is 4.90 Å². The van der Waals surface area contributed by atoms with Crippen molar-refractivity contribution in [3.8, 4) is 0 Å². The predicted octanol–water partition coefficient (Wildman–Crippen LogP) is 5.51. The normalized spacial score (nSPS) is 14.1. The molecule has 1 saturated heterocycles. The summed E-state index contributed by atoms with van der Waals surface area (Å²) in [5.41, 5.74) is 5.68. The Morgan fingerprint density at radius 2 is 1.29 bits per heavy atom. The molecular weight excluding hydrogens is 422 g/mol. The van der Waals surface area contributed by atoms with Crippen LogP contribution in [0.5, 0.6) is 0 Å². The zero-order valence-electron chi connectivity index (χ0n) is 20.5. The SMILES string of the molecule is Cc1ccc(C(=O)Nc2ccc(N3CCN(C(=O)c4ccc(C(C)(C)C)cc4)CC3)cc2)cc1. The number of carbonyl (C=O) groups is 2. The van der Waals surface area contributed by atoms with Gasteiger partial charge < -0.3 is 15.1 Å². The first-order valence-corrected chi connectivity index (χ1v) is 11.8. The van der Waals surface area contributed by atoms with Crippen LogP contribution in [0.15, 0.2) is 72.8 Å². The fourth-order valence-corrected chi connectivity index (χ4v) is 4.13. The van der Waals surface area contributed by atoms with Gasteiger partial charge in [-0.1, -0.05) is 50.6 Å². The van der Waals surface area contributed by atoms with Crippen LogP contribution in [0, 0.1) is 6.92 Å². The highest BCUT2D eigenvalue weighted by atomic mass is 16.2. The lowest BCUT2D eigenvalue weighted by atomic mass is 9.86. The summed E-state index contributed by atoms with van der Waals surface area (Å²) in [7, 11) is 0. The largest absolute Gasteiger partial charge is 0.368 e. The van der Waals surface area contributed by atoms with Crippen molar-refractivity contribution in [2.45, 2.75) is 33.1 Å². The molecule has 3 aromatic rings. The molecule has 5 heteroatoms. The first-order chi connectivity index (χ1) is 16.2. The number of rotatable bonds is 4. The van der Waals surface area contributed by atoms with Gasteiger partial charge in [0.05, 0.1) is 0 Å². The van der Waals surface area contributed by atoms with E-state index in [4.69, 9.17) is 0 Å². The lowest BCUT2D eigenvalue weighted by molar-refractivity contribution is 0.0746. The number of benzene rings is 3. The Balaban J connectivity index is 1.32. The summed E-state index contributed by atoms with van der Waals surface area (Å²) in [6.45, 7) is 11.5. The molecule has 3 aromatic carbocycles. The number of hydrogen-bond donors (Lipinski definition) is 1. The summed E-state index contributed by atoms with van der Waals surface area (Å²) >= 11 is 0. The molecule has 0 saturated carbocycles. The van der Waals surface area contributed by atoms with E-state index in [9.17, 15) is 9.59 Å². The summed E-state index contributed by atoms with van der Waals surface area (Å²) in [6, 6.07) is 23.4. The lowest BCUT2D eigenvalue weighted by Gasteiger charge is -2.36. The van der Waals surface area contributed by atoms with E-state index in [1.165, 1.54) is 5.56 Å². The molecule has 1 N–H and O–H groups in total. The van der Waals surface area contributed by atoms with Gasteiger partial charge >= 0.3 is 0 Å². The van der Waals surface area contributed by atoms with Gasteiger partial charge in [0.2, 0.25) is 0 Å². The molecule has 0 unspecified atom stereocenters. The van der Waals surface area contributed by atoms with Crippen molar-refractivity contribution in [3.05, 3.63) is 95.1 Å². The van der Waals surface area contributed by atoms with Crippen molar-refractivity contribution in [2.75, 3.05) is 36.4 Å². The molecule has 1 fully saturated rings. The number of anilines is 2. The van der Waals surface area contributed by atoms with Crippen LogP contribution in [0.1, 0.15) is 52.6 Å². The molecule has 34 heavy (non-hydrogen) atoms. The molecule has 0 spiro atoms. The van der Waals surface area contributed by atoms with Crippen molar-refractivity contribution in [1.29, 1.82) is 0 Å². The van der Waals surface area contributed by atoms with Crippen LogP contribution in [0.3, 0.4) is 0 Å². The summed E-state index contributed by atoms with van der Waals surface area (Å²) in [5.74, 6) is -0.0234. The highest BCUT2D eigenvalue weighted by Gasteiger charge is 2.23. The zero-order valence-corrected chi connectivity index (χ0v) is 20.5. The molecule has 0 aliphatic carbocycles. The van der Waals surface area contributed by atoms with E-state index in [0.717, 1.165) is 35.6 Å². The zero-order chi connectivity index (χ0) is 24.3. The second-order valence-corrected chi connectivity index (χ2v) is 9.97. The van der Waals surface area contributed by atoms with Gasteiger partial charge in [-0.25, -0.2) is 0 Å². The summed E-state index contributed by atoms with van der Waals surface area (Å²) in [6.07, 6.45) is 0. The second kappa shape index (κ2) is 9.72.